The lowest BCUT2D eigenvalue weighted by Crippen LogP contribution is -2.12. The first kappa shape index (κ1) is 9.48. The number of hydrogen-bond acceptors (Lipinski definition) is 1. The number of rotatable bonds is 4. The monoisotopic (exact) mass is 180 g/mol. The zero-order valence-corrected chi connectivity index (χ0v) is 9.00. The molecule has 0 fully saturated rings. The molecular formula is C10H16OSi. The summed E-state index contributed by atoms with van der Waals surface area (Å²) in [4.78, 5) is 8.94. The standard InChI is InChI=1S/C10H16OSi/c1-2-3-4-9-5-7-10(12-11)8-6-9/h5-8,11H,2-4,12H2,1H3. The van der Waals surface area contributed by atoms with Crippen LogP contribution in [0, 0.1) is 0 Å². The fourth-order valence-corrected chi connectivity index (χ4v) is 1.64. The molecule has 0 heterocycles. The molecule has 1 rings (SSSR count). The zero-order valence-electron chi connectivity index (χ0n) is 7.59. The molecule has 0 bridgehead atoms. The van der Waals surface area contributed by atoms with E-state index in [2.05, 4.69) is 31.2 Å². The molecule has 1 nitrogen and oxygen atoms in total. The SMILES string of the molecule is CCCCc1ccc([SiH2]O)cc1. The molecule has 1 aromatic carbocycles. The van der Waals surface area contributed by atoms with Gasteiger partial charge in [0, 0.05) is 0 Å². The molecule has 0 saturated heterocycles. The quantitative estimate of drug-likeness (QED) is 0.677. The summed E-state index contributed by atoms with van der Waals surface area (Å²) in [5, 5.41) is 1.13. The van der Waals surface area contributed by atoms with E-state index in [1.54, 1.807) is 0 Å². The summed E-state index contributed by atoms with van der Waals surface area (Å²) >= 11 is 0. The summed E-state index contributed by atoms with van der Waals surface area (Å²) in [6.07, 6.45) is 3.68. The third kappa shape index (κ3) is 2.79. The average molecular weight is 180 g/mol. The van der Waals surface area contributed by atoms with E-state index in [9.17, 15) is 0 Å². The Morgan fingerprint density at radius 2 is 1.92 bits per heavy atom. The van der Waals surface area contributed by atoms with Gasteiger partial charge in [-0.3, -0.25) is 0 Å². The highest BCUT2D eigenvalue weighted by molar-refractivity contribution is 6.45. The zero-order chi connectivity index (χ0) is 8.81. The lowest BCUT2D eigenvalue weighted by molar-refractivity contribution is 0.615. The van der Waals surface area contributed by atoms with E-state index >= 15 is 0 Å². The van der Waals surface area contributed by atoms with Crippen LogP contribution in [-0.2, 0) is 6.42 Å². The van der Waals surface area contributed by atoms with Crippen LogP contribution in [0.1, 0.15) is 25.3 Å². The van der Waals surface area contributed by atoms with Crippen LogP contribution < -0.4 is 5.19 Å². The first-order valence-electron chi connectivity index (χ1n) is 4.55. The molecule has 0 aliphatic rings. The maximum atomic E-state index is 8.94. The number of aryl methyl sites for hydroxylation is 1. The molecule has 12 heavy (non-hydrogen) atoms. The van der Waals surface area contributed by atoms with Crippen LogP contribution in [-0.4, -0.2) is 14.6 Å². The average Bonchev–Trinajstić information content (AvgIpc) is 2.15. The van der Waals surface area contributed by atoms with Gasteiger partial charge in [0.2, 0.25) is 0 Å². The van der Waals surface area contributed by atoms with Crippen molar-refractivity contribution in [3.63, 3.8) is 0 Å². The predicted molar refractivity (Wildman–Crippen MR) is 55.5 cm³/mol. The van der Waals surface area contributed by atoms with Crippen molar-refractivity contribution in [3.8, 4) is 0 Å². The largest absolute Gasteiger partial charge is 0.433 e. The Hall–Kier alpha value is -0.603. The summed E-state index contributed by atoms with van der Waals surface area (Å²) in [5.41, 5.74) is 1.39. The molecule has 1 N–H and O–H groups in total. The number of benzene rings is 1. The minimum Gasteiger partial charge on any atom is -0.433 e. The summed E-state index contributed by atoms with van der Waals surface area (Å²) in [6.45, 7) is 2.20. The number of unbranched alkanes of at least 4 members (excludes halogenated alkanes) is 1. The Morgan fingerprint density at radius 3 is 2.42 bits per heavy atom. The van der Waals surface area contributed by atoms with Gasteiger partial charge in [0.25, 0.3) is 0 Å². The van der Waals surface area contributed by atoms with Gasteiger partial charge in [0.1, 0.15) is 0 Å². The van der Waals surface area contributed by atoms with Crippen molar-refractivity contribution in [1.29, 1.82) is 0 Å². The van der Waals surface area contributed by atoms with Gasteiger partial charge in [0.05, 0.1) is 0 Å². The molecule has 0 spiro atoms. The summed E-state index contributed by atoms with van der Waals surface area (Å²) in [5.74, 6) is 0. The summed E-state index contributed by atoms with van der Waals surface area (Å²) in [7, 11) is -0.944. The van der Waals surface area contributed by atoms with Crippen LogP contribution in [0.5, 0.6) is 0 Å². The Bertz CT molecular complexity index is 218. The van der Waals surface area contributed by atoms with Crippen LogP contribution in [0.3, 0.4) is 0 Å². The highest BCUT2D eigenvalue weighted by atomic mass is 28.2. The van der Waals surface area contributed by atoms with E-state index in [0.717, 1.165) is 5.19 Å². The predicted octanol–water partition coefficient (Wildman–Crippen LogP) is 0.731. The minimum absolute atomic E-state index is 0.944. The highest BCUT2D eigenvalue weighted by Gasteiger charge is 1.93. The minimum atomic E-state index is -0.944. The van der Waals surface area contributed by atoms with Crippen LogP contribution in [0.15, 0.2) is 24.3 Å². The number of hydrogen-bond donors (Lipinski definition) is 1. The third-order valence-corrected chi connectivity index (χ3v) is 2.86. The van der Waals surface area contributed by atoms with Crippen molar-refractivity contribution in [2.75, 3.05) is 0 Å². The molecule has 66 valence electrons. The summed E-state index contributed by atoms with van der Waals surface area (Å²) in [6, 6.07) is 8.37. The van der Waals surface area contributed by atoms with E-state index in [1.165, 1.54) is 24.8 Å². The normalized spacial score (nSPS) is 11.2. The molecule has 0 aliphatic carbocycles. The third-order valence-electron chi connectivity index (χ3n) is 2.02. The van der Waals surface area contributed by atoms with Crippen molar-refractivity contribution in [2.45, 2.75) is 26.2 Å². The van der Waals surface area contributed by atoms with E-state index in [0.29, 0.717) is 0 Å². The second-order valence-electron chi connectivity index (χ2n) is 3.08. The maximum absolute atomic E-state index is 8.94. The molecule has 0 radical (unpaired) electrons. The first-order valence-corrected chi connectivity index (χ1v) is 5.89. The molecular weight excluding hydrogens is 164 g/mol. The fourth-order valence-electron chi connectivity index (χ4n) is 1.19. The van der Waals surface area contributed by atoms with Crippen molar-refractivity contribution >= 4 is 14.9 Å². The Balaban J connectivity index is 2.53. The van der Waals surface area contributed by atoms with Gasteiger partial charge in [-0.05, 0) is 23.6 Å². The lowest BCUT2D eigenvalue weighted by atomic mass is 10.1. The molecule has 0 unspecified atom stereocenters. The maximum Gasteiger partial charge on any atom is 0.187 e. The van der Waals surface area contributed by atoms with Gasteiger partial charge in [0.15, 0.2) is 9.76 Å². The van der Waals surface area contributed by atoms with Crippen LogP contribution in [0.25, 0.3) is 0 Å². The topological polar surface area (TPSA) is 20.2 Å². The fraction of sp³-hybridized carbons (Fsp3) is 0.400. The molecule has 0 aliphatic heterocycles. The van der Waals surface area contributed by atoms with Crippen molar-refractivity contribution in [3.05, 3.63) is 29.8 Å². The molecule has 0 amide bonds. The lowest BCUT2D eigenvalue weighted by Gasteiger charge is -2.00. The van der Waals surface area contributed by atoms with E-state index in [1.807, 2.05) is 0 Å². The van der Waals surface area contributed by atoms with Crippen molar-refractivity contribution in [1.82, 2.24) is 0 Å². The Labute approximate surface area is 76.4 Å². The molecule has 2 heteroatoms. The first-order chi connectivity index (χ1) is 5.86. The van der Waals surface area contributed by atoms with Gasteiger partial charge >= 0.3 is 0 Å². The van der Waals surface area contributed by atoms with Gasteiger partial charge in [-0.2, -0.15) is 0 Å². The van der Waals surface area contributed by atoms with E-state index in [4.69, 9.17) is 4.80 Å². The molecule has 0 aromatic heterocycles. The Morgan fingerprint density at radius 1 is 1.25 bits per heavy atom. The molecule has 0 atom stereocenters. The highest BCUT2D eigenvalue weighted by Crippen LogP contribution is 2.02. The second kappa shape index (κ2) is 5.12. The summed E-state index contributed by atoms with van der Waals surface area (Å²) < 4.78 is 0. The van der Waals surface area contributed by atoms with Crippen molar-refractivity contribution in [2.24, 2.45) is 0 Å². The van der Waals surface area contributed by atoms with E-state index in [-0.39, 0.29) is 0 Å². The second-order valence-corrected chi connectivity index (χ2v) is 4.21. The van der Waals surface area contributed by atoms with Gasteiger partial charge < -0.3 is 4.80 Å². The molecule has 1 aromatic rings. The molecule has 0 saturated carbocycles. The van der Waals surface area contributed by atoms with Crippen molar-refractivity contribution < 1.29 is 4.80 Å². The van der Waals surface area contributed by atoms with Crippen LogP contribution in [0.4, 0.5) is 0 Å². The van der Waals surface area contributed by atoms with Gasteiger partial charge in [-0.25, -0.2) is 0 Å². The Kier molecular flexibility index (Phi) is 4.04. The van der Waals surface area contributed by atoms with Gasteiger partial charge in [-0.15, -0.1) is 0 Å². The smallest absolute Gasteiger partial charge is 0.187 e. The van der Waals surface area contributed by atoms with E-state index < -0.39 is 9.76 Å². The van der Waals surface area contributed by atoms with Gasteiger partial charge in [-0.1, -0.05) is 37.6 Å². The van der Waals surface area contributed by atoms with Crippen LogP contribution >= 0.6 is 0 Å². The van der Waals surface area contributed by atoms with Crippen LogP contribution in [0.2, 0.25) is 0 Å².